The number of hydrogen-bond acceptors (Lipinski definition) is 4. The number of benzene rings is 2. The lowest BCUT2D eigenvalue weighted by Crippen LogP contribution is -2.39. The number of nitrogens with zero attached hydrogens (tertiary/aromatic N) is 2. The average Bonchev–Trinajstić information content (AvgIpc) is 3.24. The van der Waals surface area contributed by atoms with Crippen molar-refractivity contribution in [1.29, 1.82) is 0 Å². The van der Waals surface area contributed by atoms with Gasteiger partial charge < -0.3 is 14.1 Å². The molecule has 156 valence electrons. The Morgan fingerprint density at radius 2 is 2.10 bits per heavy atom. The summed E-state index contributed by atoms with van der Waals surface area (Å²) in [6.07, 6.45) is 5.56. The summed E-state index contributed by atoms with van der Waals surface area (Å²) in [5.41, 5.74) is 1.94. The van der Waals surface area contributed by atoms with E-state index in [2.05, 4.69) is 4.98 Å². The maximum Gasteiger partial charge on any atom is 0.227 e. The third-order valence-corrected chi connectivity index (χ3v) is 5.86. The maximum absolute atomic E-state index is 13.1. The first-order chi connectivity index (χ1) is 14.6. The molecule has 0 aliphatic carbocycles. The van der Waals surface area contributed by atoms with Crippen LogP contribution >= 0.6 is 11.6 Å². The number of carbonyl (C=O) groups is 1. The van der Waals surface area contributed by atoms with E-state index in [1.165, 1.54) is 0 Å². The molecule has 0 saturated carbocycles. The third-order valence-electron chi connectivity index (χ3n) is 5.49. The monoisotopic (exact) mass is 424 g/mol. The van der Waals surface area contributed by atoms with Gasteiger partial charge in [-0.1, -0.05) is 41.9 Å². The van der Waals surface area contributed by atoms with Gasteiger partial charge in [-0.05, 0) is 48.6 Å². The molecule has 1 atom stereocenters. The second-order valence-corrected chi connectivity index (χ2v) is 7.97. The van der Waals surface area contributed by atoms with E-state index in [0.717, 1.165) is 48.4 Å². The van der Waals surface area contributed by atoms with Gasteiger partial charge in [0, 0.05) is 18.0 Å². The molecule has 1 aromatic heterocycles. The van der Waals surface area contributed by atoms with Crippen LogP contribution in [-0.4, -0.2) is 29.4 Å². The molecule has 6 heteroatoms. The highest BCUT2D eigenvalue weighted by Crippen LogP contribution is 2.32. The van der Waals surface area contributed by atoms with Gasteiger partial charge in [-0.3, -0.25) is 4.79 Å². The van der Waals surface area contributed by atoms with Crippen LogP contribution in [0.2, 0.25) is 5.02 Å². The molecule has 0 bridgehead atoms. The fourth-order valence-corrected chi connectivity index (χ4v) is 4.14. The number of methoxy groups -OCH3 is 1. The van der Waals surface area contributed by atoms with Crippen LogP contribution in [0.15, 0.2) is 59.1 Å². The molecule has 1 fully saturated rings. The number of carbonyl (C=O) groups excluding carboxylic acids is 1. The molecule has 1 aliphatic heterocycles. The SMILES string of the molecule is COc1cccc(CC(=O)N2CCCCC2c2ncc(Cc3ccccc3Cl)o2)c1. The van der Waals surface area contributed by atoms with E-state index in [0.29, 0.717) is 23.8 Å². The molecule has 4 rings (SSSR count). The normalized spacial score (nSPS) is 16.5. The molecule has 1 amide bonds. The van der Waals surface area contributed by atoms with Crippen molar-refractivity contribution in [3.05, 3.63) is 82.5 Å². The minimum absolute atomic E-state index is 0.0822. The number of oxazole rings is 1. The summed E-state index contributed by atoms with van der Waals surface area (Å²) < 4.78 is 11.3. The van der Waals surface area contributed by atoms with Gasteiger partial charge in [0.2, 0.25) is 11.8 Å². The first kappa shape index (κ1) is 20.5. The van der Waals surface area contributed by atoms with E-state index >= 15 is 0 Å². The fourth-order valence-electron chi connectivity index (χ4n) is 3.93. The van der Waals surface area contributed by atoms with Crippen molar-refractivity contribution in [3.63, 3.8) is 0 Å². The maximum atomic E-state index is 13.1. The smallest absolute Gasteiger partial charge is 0.227 e. The van der Waals surface area contributed by atoms with Crippen LogP contribution in [0, 0.1) is 0 Å². The lowest BCUT2D eigenvalue weighted by molar-refractivity contribution is -0.134. The molecule has 30 heavy (non-hydrogen) atoms. The molecule has 0 N–H and O–H groups in total. The van der Waals surface area contributed by atoms with Crippen LogP contribution in [0.1, 0.15) is 48.1 Å². The minimum atomic E-state index is -0.128. The zero-order valence-electron chi connectivity index (χ0n) is 17.0. The summed E-state index contributed by atoms with van der Waals surface area (Å²) in [7, 11) is 1.63. The molecular weight excluding hydrogens is 400 g/mol. The molecule has 5 nitrogen and oxygen atoms in total. The van der Waals surface area contributed by atoms with Gasteiger partial charge in [0.05, 0.1) is 19.7 Å². The van der Waals surface area contributed by atoms with E-state index in [4.69, 9.17) is 20.8 Å². The quantitative estimate of drug-likeness (QED) is 0.544. The van der Waals surface area contributed by atoms with Crippen molar-refractivity contribution in [1.82, 2.24) is 9.88 Å². The molecule has 0 radical (unpaired) electrons. The lowest BCUT2D eigenvalue weighted by Gasteiger charge is -2.34. The van der Waals surface area contributed by atoms with Crippen LogP contribution in [0.25, 0.3) is 0 Å². The highest BCUT2D eigenvalue weighted by Gasteiger charge is 2.31. The molecule has 2 aromatic carbocycles. The molecule has 1 aliphatic rings. The standard InChI is InChI=1S/C24H25ClN2O3/c1-29-19-9-6-7-17(13-19)14-23(28)27-12-5-4-11-22(27)24-26-16-20(30-24)15-18-8-2-3-10-21(18)25/h2-3,6-10,13,16,22H,4-5,11-12,14-15H2,1H3. The van der Waals surface area contributed by atoms with E-state index in [1.807, 2.05) is 53.4 Å². The zero-order chi connectivity index (χ0) is 20.9. The van der Waals surface area contributed by atoms with Gasteiger partial charge in [-0.25, -0.2) is 4.98 Å². The third kappa shape index (κ3) is 4.68. The summed E-state index contributed by atoms with van der Waals surface area (Å²) >= 11 is 6.27. The summed E-state index contributed by atoms with van der Waals surface area (Å²) in [5.74, 6) is 2.20. The molecule has 0 spiro atoms. The van der Waals surface area contributed by atoms with Gasteiger partial charge in [0.1, 0.15) is 17.6 Å². The van der Waals surface area contributed by atoms with E-state index in [9.17, 15) is 4.79 Å². The Labute approximate surface area is 181 Å². The molecule has 1 saturated heterocycles. The molecule has 2 heterocycles. The van der Waals surface area contributed by atoms with Crippen molar-refractivity contribution >= 4 is 17.5 Å². The first-order valence-corrected chi connectivity index (χ1v) is 10.6. The Morgan fingerprint density at radius 3 is 2.93 bits per heavy atom. The van der Waals surface area contributed by atoms with E-state index in [-0.39, 0.29) is 11.9 Å². The van der Waals surface area contributed by atoms with Crippen molar-refractivity contribution in [2.24, 2.45) is 0 Å². The van der Waals surface area contributed by atoms with Crippen LogP contribution in [0.4, 0.5) is 0 Å². The van der Waals surface area contributed by atoms with Gasteiger partial charge in [0.25, 0.3) is 0 Å². The second kappa shape index (κ2) is 9.35. The Kier molecular flexibility index (Phi) is 6.38. The predicted octanol–water partition coefficient (Wildman–Crippen LogP) is 5.22. The summed E-state index contributed by atoms with van der Waals surface area (Å²) in [4.78, 5) is 19.5. The number of hydrogen-bond donors (Lipinski definition) is 0. The largest absolute Gasteiger partial charge is 0.497 e. The van der Waals surface area contributed by atoms with Crippen molar-refractivity contribution in [2.75, 3.05) is 13.7 Å². The lowest BCUT2D eigenvalue weighted by atomic mass is 10.0. The van der Waals surface area contributed by atoms with Crippen LogP contribution in [-0.2, 0) is 17.6 Å². The van der Waals surface area contributed by atoms with Gasteiger partial charge in [-0.2, -0.15) is 0 Å². The number of amides is 1. The number of likely N-dealkylation sites (tertiary alicyclic amines) is 1. The number of ether oxygens (including phenoxy) is 1. The second-order valence-electron chi connectivity index (χ2n) is 7.56. The fraction of sp³-hybridized carbons (Fsp3) is 0.333. The van der Waals surface area contributed by atoms with E-state index in [1.54, 1.807) is 13.3 Å². The Morgan fingerprint density at radius 1 is 1.23 bits per heavy atom. The summed E-state index contributed by atoms with van der Waals surface area (Å²) in [6.45, 7) is 0.718. The Bertz CT molecular complexity index is 1020. The van der Waals surface area contributed by atoms with E-state index < -0.39 is 0 Å². The van der Waals surface area contributed by atoms with Crippen LogP contribution in [0.3, 0.4) is 0 Å². The predicted molar refractivity (Wildman–Crippen MR) is 116 cm³/mol. The average molecular weight is 425 g/mol. The van der Waals surface area contributed by atoms with Crippen LogP contribution in [0.5, 0.6) is 5.75 Å². The van der Waals surface area contributed by atoms with Crippen molar-refractivity contribution < 1.29 is 13.9 Å². The first-order valence-electron chi connectivity index (χ1n) is 10.2. The van der Waals surface area contributed by atoms with Gasteiger partial charge >= 0.3 is 0 Å². The number of rotatable bonds is 6. The Balaban J connectivity index is 1.49. The molecular formula is C24H25ClN2O3. The number of aromatic nitrogens is 1. The highest BCUT2D eigenvalue weighted by atomic mass is 35.5. The number of halogens is 1. The minimum Gasteiger partial charge on any atom is -0.497 e. The Hall–Kier alpha value is -2.79. The highest BCUT2D eigenvalue weighted by molar-refractivity contribution is 6.31. The molecule has 3 aromatic rings. The van der Waals surface area contributed by atoms with Gasteiger partial charge in [-0.15, -0.1) is 0 Å². The van der Waals surface area contributed by atoms with Crippen LogP contribution < -0.4 is 4.74 Å². The molecule has 1 unspecified atom stereocenters. The summed E-state index contributed by atoms with van der Waals surface area (Å²) in [6, 6.07) is 15.2. The zero-order valence-corrected chi connectivity index (χ0v) is 17.8. The van der Waals surface area contributed by atoms with Gasteiger partial charge in [0.15, 0.2) is 0 Å². The number of piperidine rings is 1. The van der Waals surface area contributed by atoms with Crippen molar-refractivity contribution in [2.45, 2.75) is 38.1 Å². The van der Waals surface area contributed by atoms with Crippen molar-refractivity contribution in [3.8, 4) is 5.75 Å². The topological polar surface area (TPSA) is 55.6 Å². The summed E-state index contributed by atoms with van der Waals surface area (Å²) in [5, 5.41) is 0.711.